The predicted octanol–water partition coefficient (Wildman–Crippen LogP) is 2.48. The van der Waals surface area contributed by atoms with Crippen molar-refractivity contribution in [2.75, 3.05) is 18.4 Å². The van der Waals surface area contributed by atoms with E-state index in [2.05, 4.69) is 26.0 Å². The van der Waals surface area contributed by atoms with Gasteiger partial charge >= 0.3 is 0 Å². The van der Waals surface area contributed by atoms with Gasteiger partial charge in [-0.3, -0.25) is 0 Å². The van der Waals surface area contributed by atoms with Crippen molar-refractivity contribution in [1.82, 2.24) is 14.5 Å². The van der Waals surface area contributed by atoms with Gasteiger partial charge in [0.05, 0.1) is 5.39 Å². The largest absolute Gasteiger partial charge is 0.369 e. The Morgan fingerprint density at radius 2 is 2.24 bits per heavy atom. The van der Waals surface area contributed by atoms with E-state index >= 15 is 0 Å². The fourth-order valence-corrected chi connectivity index (χ4v) is 3.93. The molecule has 1 saturated carbocycles. The Labute approximate surface area is 124 Å². The first kappa shape index (κ1) is 13.1. The Kier molecular flexibility index (Phi) is 3.30. The van der Waals surface area contributed by atoms with Gasteiger partial charge in [-0.05, 0) is 56.6 Å². The van der Waals surface area contributed by atoms with Crippen molar-refractivity contribution in [2.24, 2.45) is 11.7 Å². The zero-order chi connectivity index (χ0) is 14.2. The quantitative estimate of drug-likeness (QED) is 0.889. The first-order valence-electron chi connectivity index (χ1n) is 8.15. The molecule has 2 aromatic heterocycles. The summed E-state index contributed by atoms with van der Waals surface area (Å²) in [4.78, 5) is 9.05. The number of aryl methyl sites for hydroxylation is 1. The number of nitrogens with one attached hydrogen (secondary N) is 1. The van der Waals surface area contributed by atoms with E-state index in [9.17, 15) is 0 Å². The minimum atomic E-state index is 0.554. The molecule has 0 spiro atoms. The minimum Gasteiger partial charge on any atom is -0.369 e. The summed E-state index contributed by atoms with van der Waals surface area (Å²) >= 11 is 0. The van der Waals surface area contributed by atoms with E-state index in [0.717, 1.165) is 31.0 Å². The molecule has 2 unspecified atom stereocenters. The van der Waals surface area contributed by atoms with E-state index in [1.54, 1.807) is 6.33 Å². The predicted molar refractivity (Wildman–Crippen MR) is 84.4 cm³/mol. The lowest BCUT2D eigenvalue weighted by Crippen LogP contribution is -2.12. The molecule has 4 rings (SSSR count). The molecule has 5 heteroatoms. The molecule has 2 aliphatic rings. The average Bonchev–Trinajstić information content (AvgIpc) is 3.09. The Balaban J connectivity index is 1.80. The molecule has 3 heterocycles. The van der Waals surface area contributed by atoms with E-state index in [1.165, 1.54) is 43.1 Å². The van der Waals surface area contributed by atoms with E-state index in [4.69, 9.17) is 5.73 Å². The first-order valence-corrected chi connectivity index (χ1v) is 8.15. The van der Waals surface area contributed by atoms with Gasteiger partial charge in [-0.1, -0.05) is 0 Å². The number of rotatable bonds is 2. The van der Waals surface area contributed by atoms with Crippen LogP contribution in [-0.4, -0.2) is 27.6 Å². The summed E-state index contributed by atoms with van der Waals surface area (Å²) in [5, 5.41) is 4.71. The highest BCUT2D eigenvalue weighted by atomic mass is 15.1. The maximum absolute atomic E-state index is 5.85. The summed E-state index contributed by atoms with van der Waals surface area (Å²) in [6.07, 6.45) is 11.3. The van der Waals surface area contributed by atoms with Gasteiger partial charge in [-0.2, -0.15) is 0 Å². The monoisotopic (exact) mass is 285 g/mol. The minimum absolute atomic E-state index is 0.554. The normalized spacial score (nSPS) is 25.6. The molecule has 0 saturated heterocycles. The molecule has 1 fully saturated rings. The molecule has 0 bridgehead atoms. The van der Waals surface area contributed by atoms with Gasteiger partial charge in [0.2, 0.25) is 0 Å². The van der Waals surface area contributed by atoms with Crippen molar-refractivity contribution in [3.05, 3.63) is 18.1 Å². The highest BCUT2D eigenvalue weighted by Gasteiger charge is 2.27. The topological polar surface area (TPSA) is 68.8 Å². The second kappa shape index (κ2) is 5.30. The third-order valence-corrected chi connectivity index (χ3v) is 5.09. The molecule has 0 amide bonds. The summed E-state index contributed by atoms with van der Waals surface area (Å²) in [5.41, 5.74) is 8.36. The van der Waals surface area contributed by atoms with Crippen LogP contribution >= 0.6 is 0 Å². The van der Waals surface area contributed by atoms with Gasteiger partial charge in [-0.25, -0.2) is 9.97 Å². The van der Waals surface area contributed by atoms with Crippen molar-refractivity contribution in [2.45, 2.75) is 44.6 Å². The van der Waals surface area contributed by atoms with Gasteiger partial charge in [-0.15, -0.1) is 0 Å². The fraction of sp³-hybridized carbons (Fsp3) is 0.625. The second-order valence-electron chi connectivity index (χ2n) is 6.43. The van der Waals surface area contributed by atoms with E-state index in [-0.39, 0.29) is 0 Å². The van der Waals surface area contributed by atoms with Crippen LogP contribution < -0.4 is 11.1 Å². The van der Waals surface area contributed by atoms with Crippen molar-refractivity contribution in [3.63, 3.8) is 0 Å². The van der Waals surface area contributed by atoms with Gasteiger partial charge in [0.15, 0.2) is 0 Å². The van der Waals surface area contributed by atoms with Crippen LogP contribution in [0.5, 0.6) is 0 Å². The number of aromatic nitrogens is 3. The molecule has 5 nitrogen and oxygen atoms in total. The summed E-state index contributed by atoms with van der Waals surface area (Å²) in [6, 6.07) is 0.554. The Bertz CT molecular complexity index is 647. The zero-order valence-electron chi connectivity index (χ0n) is 12.4. The van der Waals surface area contributed by atoms with Gasteiger partial charge in [0.25, 0.3) is 0 Å². The van der Waals surface area contributed by atoms with E-state index in [1.807, 2.05) is 0 Å². The third kappa shape index (κ3) is 2.20. The standard InChI is InChI=1S/C16H23N5/c17-8-11-4-5-13(7-11)21-9-12-3-1-2-6-18-15-14(12)16(21)20-10-19-15/h9-11,13H,1-8,17H2,(H,18,19,20). The zero-order valence-corrected chi connectivity index (χ0v) is 12.4. The summed E-state index contributed by atoms with van der Waals surface area (Å²) in [6.45, 7) is 1.82. The average molecular weight is 285 g/mol. The lowest BCUT2D eigenvalue weighted by Gasteiger charge is -2.14. The molecular weight excluding hydrogens is 262 g/mol. The smallest absolute Gasteiger partial charge is 0.146 e. The molecule has 21 heavy (non-hydrogen) atoms. The molecule has 2 aromatic rings. The van der Waals surface area contributed by atoms with Crippen LogP contribution in [0.1, 0.15) is 43.7 Å². The lowest BCUT2D eigenvalue weighted by molar-refractivity contribution is 0.489. The van der Waals surface area contributed by atoms with Crippen LogP contribution in [0, 0.1) is 5.92 Å². The SMILES string of the molecule is NCC1CCC(n2cc3c4c(ncnc42)NCCCC3)C1. The van der Waals surface area contributed by atoms with E-state index < -0.39 is 0 Å². The van der Waals surface area contributed by atoms with Crippen LogP contribution in [0.3, 0.4) is 0 Å². The fourth-order valence-electron chi connectivity index (χ4n) is 3.93. The van der Waals surface area contributed by atoms with Crippen LogP contribution in [0.25, 0.3) is 11.0 Å². The lowest BCUT2D eigenvalue weighted by atomic mass is 10.1. The van der Waals surface area contributed by atoms with E-state index in [0.29, 0.717) is 12.0 Å². The molecule has 3 N–H and O–H groups in total. The molecule has 2 atom stereocenters. The molecule has 0 radical (unpaired) electrons. The molecule has 112 valence electrons. The van der Waals surface area contributed by atoms with Gasteiger partial charge < -0.3 is 15.6 Å². The first-order chi connectivity index (χ1) is 10.4. The van der Waals surface area contributed by atoms with Crippen LogP contribution in [0.2, 0.25) is 0 Å². The highest BCUT2D eigenvalue weighted by molar-refractivity contribution is 5.91. The molecule has 0 aromatic carbocycles. The number of anilines is 1. The number of nitrogens with zero attached hydrogens (tertiary/aromatic N) is 3. The van der Waals surface area contributed by atoms with Crippen LogP contribution in [0.15, 0.2) is 12.5 Å². The maximum atomic E-state index is 5.85. The summed E-state index contributed by atoms with van der Waals surface area (Å²) in [5.74, 6) is 1.69. The van der Waals surface area contributed by atoms with Crippen molar-refractivity contribution in [1.29, 1.82) is 0 Å². The molecular formula is C16H23N5. The highest BCUT2D eigenvalue weighted by Crippen LogP contribution is 2.38. The Hall–Kier alpha value is -1.62. The summed E-state index contributed by atoms with van der Waals surface area (Å²) < 4.78 is 2.40. The van der Waals surface area contributed by atoms with Crippen LogP contribution in [-0.2, 0) is 6.42 Å². The Morgan fingerprint density at radius 3 is 3.10 bits per heavy atom. The van der Waals surface area contributed by atoms with Crippen molar-refractivity contribution >= 4 is 16.9 Å². The number of hydrogen-bond acceptors (Lipinski definition) is 4. The van der Waals surface area contributed by atoms with Crippen molar-refractivity contribution in [3.8, 4) is 0 Å². The Morgan fingerprint density at radius 1 is 1.29 bits per heavy atom. The molecule has 1 aliphatic heterocycles. The van der Waals surface area contributed by atoms with Gasteiger partial charge in [0, 0.05) is 18.8 Å². The molecule has 1 aliphatic carbocycles. The number of hydrogen-bond donors (Lipinski definition) is 2. The number of nitrogens with two attached hydrogens (primary N) is 1. The second-order valence-corrected chi connectivity index (χ2v) is 6.43. The maximum Gasteiger partial charge on any atom is 0.146 e. The van der Waals surface area contributed by atoms with Gasteiger partial charge in [0.1, 0.15) is 17.8 Å². The van der Waals surface area contributed by atoms with Crippen molar-refractivity contribution < 1.29 is 0 Å². The van der Waals surface area contributed by atoms with Crippen LogP contribution in [0.4, 0.5) is 5.82 Å². The summed E-state index contributed by atoms with van der Waals surface area (Å²) in [7, 11) is 0. The third-order valence-electron chi connectivity index (χ3n) is 5.09.